The largest absolute Gasteiger partial charge is 0.313 e. The first-order chi connectivity index (χ1) is 9.45. The molecular formula is C16H25NO2S. The van der Waals surface area contributed by atoms with Crippen LogP contribution in [0, 0.1) is 12.8 Å². The highest BCUT2D eigenvalue weighted by Gasteiger charge is 2.38. The smallest absolute Gasteiger partial charge is 0.182 e. The zero-order chi connectivity index (χ0) is 14.8. The van der Waals surface area contributed by atoms with Crippen LogP contribution in [0.1, 0.15) is 38.7 Å². The summed E-state index contributed by atoms with van der Waals surface area (Å²) < 4.78 is 25.9. The van der Waals surface area contributed by atoms with E-state index in [1.54, 1.807) is 12.1 Å². The predicted molar refractivity (Wildman–Crippen MR) is 82.6 cm³/mol. The van der Waals surface area contributed by atoms with E-state index in [1.165, 1.54) is 0 Å². The molecule has 0 saturated heterocycles. The van der Waals surface area contributed by atoms with E-state index >= 15 is 0 Å². The fourth-order valence-electron chi connectivity index (χ4n) is 3.13. The van der Waals surface area contributed by atoms with Crippen LogP contribution in [0.25, 0.3) is 0 Å². The van der Waals surface area contributed by atoms with Crippen LogP contribution in [0.4, 0.5) is 0 Å². The average molecular weight is 295 g/mol. The summed E-state index contributed by atoms with van der Waals surface area (Å²) in [6, 6.07) is 7.37. The summed E-state index contributed by atoms with van der Waals surface area (Å²) in [7, 11) is -3.25. The summed E-state index contributed by atoms with van der Waals surface area (Å²) in [6.45, 7) is 6.94. The summed E-state index contributed by atoms with van der Waals surface area (Å²) in [5.74, 6) is 0.481. The standard InChI is InChI=1S/C16H25NO2S/c1-4-17-15-9-8-13(3)11-16(15)20(18,19)14-7-5-6-12(2)10-14/h5-7,10,13,15-17H,4,8-9,11H2,1-3H3. The SMILES string of the molecule is CCNC1CCC(C)CC1S(=O)(=O)c1cccc(C)c1. The van der Waals surface area contributed by atoms with E-state index in [9.17, 15) is 8.42 Å². The van der Waals surface area contributed by atoms with Gasteiger partial charge in [0.2, 0.25) is 0 Å². The van der Waals surface area contributed by atoms with Crippen LogP contribution in [-0.2, 0) is 9.84 Å². The molecule has 1 aliphatic carbocycles. The van der Waals surface area contributed by atoms with E-state index in [1.807, 2.05) is 26.0 Å². The van der Waals surface area contributed by atoms with Crippen molar-refractivity contribution in [3.05, 3.63) is 29.8 Å². The number of hydrogen-bond acceptors (Lipinski definition) is 3. The molecule has 1 saturated carbocycles. The van der Waals surface area contributed by atoms with Crippen molar-refractivity contribution in [2.24, 2.45) is 5.92 Å². The summed E-state index contributed by atoms with van der Waals surface area (Å²) >= 11 is 0. The highest BCUT2D eigenvalue weighted by atomic mass is 32.2. The summed E-state index contributed by atoms with van der Waals surface area (Å²) in [6.07, 6.45) is 2.82. The molecule has 1 aliphatic rings. The van der Waals surface area contributed by atoms with Gasteiger partial charge in [0, 0.05) is 6.04 Å². The van der Waals surface area contributed by atoms with Crippen molar-refractivity contribution in [2.45, 2.75) is 56.2 Å². The van der Waals surface area contributed by atoms with Gasteiger partial charge in [-0.1, -0.05) is 26.0 Å². The van der Waals surface area contributed by atoms with Crippen LogP contribution in [0.3, 0.4) is 0 Å². The van der Waals surface area contributed by atoms with Crippen molar-refractivity contribution in [1.29, 1.82) is 0 Å². The minimum Gasteiger partial charge on any atom is -0.313 e. The van der Waals surface area contributed by atoms with Gasteiger partial charge < -0.3 is 5.32 Å². The lowest BCUT2D eigenvalue weighted by Crippen LogP contribution is -2.47. The van der Waals surface area contributed by atoms with Crippen molar-refractivity contribution in [3.8, 4) is 0 Å². The number of hydrogen-bond donors (Lipinski definition) is 1. The van der Waals surface area contributed by atoms with Gasteiger partial charge in [-0.2, -0.15) is 0 Å². The lowest BCUT2D eigenvalue weighted by Gasteiger charge is -2.35. The lowest BCUT2D eigenvalue weighted by molar-refractivity contribution is 0.311. The summed E-state index contributed by atoms with van der Waals surface area (Å²) in [4.78, 5) is 0.472. The molecule has 0 amide bonds. The molecule has 1 fully saturated rings. The monoisotopic (exact) mass is 295 g/mol. The quantitative estimate of drug-likeness (QED) is 0.929. The number of benzene rings is 1. The van der Waals surface area contributed by atoms with Crippen LogP contribution in [-0.4, -0.2) is 26.3 Å². The molecule has 1 aromatic rings. The fraction of sp³-hybridized carbons (Fsp3) is 0.625. The van der Waals surface area contributed by atoms with Crippen molar-refractivity contribution < 1.29 is 8.42 Å². The maximum absolute atomic E-state index is 12.9. The fourth-order valence-corrected chi connectivity index (χ4v) is 5.35. The van der Waals surface area contributed by atoms with Crippen LogP contribution in [0.15, 0.2) is 29.2 Å². The molecule has 0 aromatic heterocycles. The molecule has 112 valence electrons. The van der Waals surface area contributed by atoms with Gasteiger partial charge in [0.1, 0.15) is 0 Å². The Morgan fingerprint density at radius 2 is 2.05 bits per heavy atom. The van der Waals surface area contributed by atoms with E-state index < -0.39 is 9.84 Å². The highest BCUT2D eigenvalue weighted by Crippen LogP contribution is 2.32. The molecule has 2 rings (SSSR count). The molecule has 0 radical (unpaired) electrons. The molecule has 0 bridgehead atoms. The number of aryl methyl sites for hydroxylation is 1. The molecule has 20 heavy (non-hydrogen) atoms. The molecule has 0 aliphatic heterocycles. The number of sulfone groups is 1. The Bertz CT molecular complexity index is 553. The van der Waals surface area contributed by atoms with Crippen LogP contribution in [0.5, 0.6) is 0 Å². The minimum atomic E-state index is -3.25. The highest BCUT2D eigenvalue weighted by molar-refractivity contribution is 7.92. The minimum absolute atomic E-state index is 0.0849. The molecule has 0 spiro atoms. The van der Waals surface area contributed by atoms with Gasteiger partial charge in [0.15, 0.2) is 9.84 Å². The summed E-state index contributed by atoms with van der Waals surface area (Å²) in [5, 5.41) is 3.07. The normalized spacial score (nSPS) is 27.4. The van der Waals surface area contributed by atoms with Crippen LogP contribution in [0.2, 0.25) is 0 Å². The predicted octanol–water partition coefficient (Wildman–Crippen LogP) is 2.94. The molecular weight excluding hydrogens is 270 g/mol. The van der Waals surface area contributed by atoms with Crippen molar-refractivity contribution in [3.63, 3.8) is 0 Å². The van der Waals surface area contributed by atoms with E-state index in [0.29, 0.717) is 10.8 Å². The maximum Gasteiger partial charge on any atom is 0.182 e. The second kappa shape index (κ2) is 6.27. The van der Waals surface area contributed by atoms with Crippen molar-refractivity contribution in [1.82, 2.24) is 5.32 Å². The van der Waals surface area contributed by atoms with Gasteiger partial charge in [0.25, 0.3) is 0 Å². The maximum atomic E-state index is 12.9. The van der Waals surface area contributed by atoms with E-state index in [2.05, 4.69) is 12.2 Å². The van der Waals surface area contributed by atoms with Gasteiger partial charge >= 0.3 is 0 Å². The molecule has 3 unspecified atom stereocenters. The van der Waals surface area contributed by atoms with E-state index in [0.717, 1.165) is 31.4 Å². The Labute approximate surface area is 122 Å². The first kappa shape index (κ1) is 15.5. The van der Waals surface area contributed by atoms with Gasteiger partial charge in [-0.3, -0.25) is 0 Å². The molecule has 1 N–H and O–H groups in total. The molecule has 1 aromatic carbocycles. The Kier molecular flexibility index (Phi) is 4.86. The Morgan fingerprint density at radius 3 is 2.70 bits per heavy atom. The van der Waals surface area contributed by atoms with Gasteiger partial charge in [-0.25, -0.2) is 8.42 Å². The van der Waals surface area contributed by atoms with Crippen molar-refractivity contribution in [2.75, 3.05) is 6.54 Å². The number of nitrogens with one attached hydrogen (secondary N) is 1. The van der Waals surface area contributed by atoms with E-state index in [-0.39, 0.29) is 11.3 Å². The average Bonchev–Trinajstić information content (AvgIpc) is 2.41. The van der Waals surface area contributed by atoms with Gasteiger partial charge in [-0.15, -0.1) is 0 Å². The lowest BCUT2D eigenvalue weighted by atomic mass is 9.87. The van der Waals surface area contributed by atoms with E-state index in [4.69, 9.17) is 0 Å². The Hall–Kier alpha value is -0.870. The van der Waals surface area contributed by atoms with Crippen molar-refractivity contribution >= 4 is 9.84 Å². The zero-order valence-electron chi connectivity index (χ0n) is 12.6. The summed E-state index contributed by atoms with van der Waals surface area (Å²) in [5.41, 5.74) is 0.995. The van der Waals surface area contributed by atoms with Gasteiger partial charge in [-0.05, 0) is 56.3 Å². The van der Waals surface area contributed by atoms with Crippen LogP contribution >= 0.6 is 0 Å². The topological polar surface area (TPSA) is 46.2 Å². The Morgan fingerprint density at radius 1 is 1.30 bits per heavy atom. The zero-order valence-corrected chi connectivity index (χ0v) is 13.4. The first-order valence-electron chi connectivity index (χ1n) is 7.49. The Balaban J connectivity index is 2.34. The number of rotatable bonds is 4. The third-order valence-corrected chi connectivity index (χ3v) is 6.47. The first-order valence-corrected chi connectivity index (χ1v) is 9.03. The second-order valence-electron chi connectivity index (χ2n) is 5.98. The van der Waals surface area contributed by atoms with Gasteiger partial charge in [0.05, 0.1) is 10.1 Å². The third-order valence-electron chi connectivity index (χ3n) is 4.24. The van der Waals surface area contributed by atoms with Crippen LogP contribution < -0.4 is 5.32 Å². The molecule has 0 heterocycles. The third kappa shape index (κ3) is 3.23. The molecule has 3 atom stereocenters. The molecule has 4 heteroatoms. The molecule has 3 nitrogen and oxygen atoms in total. The second-order valence-corrected chi connectivity index (χ2v) is 8.15.